The minimum atomic E-state index is -3.05. The summed E-state index contributed by atoms with van der Waals surface area (Å²) in [6, 6.07) is 0. The normalized spacial score (nSPS) is 11.5. The number of alkyl halides is 2. The second-order valence-electron chi connectivity index (χ2n) is 3.19. The minimum absolute atomic E-state index is 0.0460. The van der Waals surface area contributed by atoms with Gasteiger partial charge in [-0.15, -0.1) is 0 Å². The van der Waals surface area contributed by atoms with Gasteiger partial charge in [-0.05, 0) is 0 Å². The Morgan fingerprint density at radius 2 is 2.06 bits per heavy atom. The van der Waals surface area contributed by atoms with Crippen molar-refractivity contribution in [3.8, 4) is 0 Å². The molecule has 0 aliphatic carbocycles. The maximum atomic E-state index is 12.6. The van der Waals surface area contributed by atoms with E-state index in [-0.39, 0.29) is 13.0 Å². The molecule has 0 saturated carbocycles. The van der Waals surface area contributed by atoms with Crippen LogP contribution in [-0.4, -0.2) is 51.8 Å². The van der Waals surface area contributed by atoms with Gasteiger partial charge >= 0.3 is 0 Å². The molecule has 0 aliphatic rings. The molecular weight excluding hydrogens is 222 g/mol. The van der Waals surface area contributed by atoms with E-state index >= 15 is 0 Å². The molecule has 5 nitrogen and oxygen atoms in total. The summed E-state index contributed by atoms with van der Waals surface area (Å²) in [5, 5.41) is 2.08. The van der Waals surface area contributed by atoms with Gasteiger partial charge in [0.2, 0.25) is 5.91 Å². The van der Waals surface area contributed by atoms with E-state index in [9.17, 15) is 13.6 Å². The Hall–Kier alpha value is -0.790. The van der Waals surface area contributed by atoms with Gasteiger partial charge in [0.05, 0.1) is 32.9 Å². The van der Waals surface area contributed by atoms with Crippen molar-refractivity contribution in [2.75, 3.05) is 40.0 Å². The highest BCUT2D eigenvalue weighted by Crippen LogP contribution is 2.08. The van der Waals surface area contributed by atoms with Crippen molar-refractivity contribution < 1.29 is 23.0 Å². The maximum Gasteiger partial charge on any atom is 0.277 e. The molecule has 0 unspecified atom stereocenters. The average molecular weight is 240 g/mol. The Balaban J connectivity index is 3.45. The molecule has 0 aliphatic heterocycles. The van der Waals surface area contributed by atoms with Crippen molar-refractivity contribution in [2.24, 2.45) is 5.73 Å². The lowest BCUT2D eigenvalue weighted by atomic mass is 10.3. The standard InChI is InChI=1S/C9H18F2N2O3/c1-15-4-5-16-3-2-8(14)13-7-9(10,11)6-12/h2-7,12H2,1H3,(H,13,14). The summed E-state index contributed by atoms with van der Waals surface area (Å²) in [7, 11) is 1.53. The molecule has 0 rings (SSSR count). The van der Waals surface area contributed by atoms with Gasteiger partial charge in [0.25, 0.3) is 5.92 Å². The lowest BCUT2D eigenvalue weighted by molar-refractivity contribution is -0.124. The zero-order valence-electron chi connectivity index (χ0n) is 9.30. The Morgan fingerprint density at radius 3 is 2.62 bits per heavy atom. The largest absolute Gasteiger partial charge is 0.382 e. The molecule has 0 atom stereocenters. The summed E-state index contributed by atoms with van der Waals surface area (Å²) in [6.45, 7) is -0.517. The van der Waals surface area contributed by atoms with E-state index in [1.165, 1.54) is 7.11 Å². The van der Waals surface area contributed by atoms with Gasteiger partial charge in [-0.25, -0.2) is 8.78 Å². The molecule has 96 valence electrons. The molecule has 0 heterocycles. The van der Waals surface area contributed by atoms with Crippen LogP contribution < -0.4 is 11.1 Å². The molecule has 0 aromatic carbocycles. The highest BCUT2D eigenvalue weighted by Gasteiger charge is 2.26. The van der Waals surface area contributed by atoms with Crippen molar-refractivity contribution in [1.82, 2.24) is 5.32 Å². The minimum Gasteiger partial charge on any atom is -0.382 e. The van der Waals surface area contributed by atoms with Crippen LogP contribution in [0.2, 0.25) is 0 Å². The molecule has 0 bridgehead atoms. The van der Waals surface area contributed by atoms with Crippen molar-refractivity contribution in [3.63, 3.8) is 0 Å². The number of methoxy groups -OCH3 is 1. The lowest BCUT2D eigenvalue weighted by Crippen LogP contribution is -2.41. The molecule has 0 spiro atoms. The van der Waals surface area contributed by atoms with Crippen LogP contribution in [0.4, 0.5) is 8.78 Å². The third-order valence-corrected chi connectivity index (χ3v) is 1.75. The quantitative estimate of drug-likeness (QED) is 0.545. The fourth-order valence-corrected chi connectivity index (χ4v) is 0.798. The monoisotopic (exact) mass is 240 g/mol. The third kappa shape index (κ3) is 8.51. The van der Waals surface area contributed by atoms with E-state index in [1.807, 2.05) is 0 Å². The first-order chi connectivity index (χ1) is 7.52. The Kier molecular flexibility index (Phi) is 7.96. The average Bonchev–Trinajstić information content (AvgIpc) is 2.26. The van der Waals surface area contributed by atoms with Gasteiger partial charge in [0.15, 0.2) is 0 Å². The summed E-state index contributed by atoms with van der Waals surface area (Å²) in [6.07, 6.45) is 0.0460. The second kappa shape index (κ2) is 8.37. The molecule has 0 fully saturated rings. The summed E-state index contributed by atoms with van der Waals surface area (Å²) in [5.74, 6) is -3.53. The van der Waals surface area contributed by atoms with E-state index in [0.29, 0.717) is 13.2 Å². The predicted octanol–water partition coefficient (Wildman–Crippen LogP) is -0.250. The molecule has 0 saturated heterocycles. The summed E-state index contributed by atoms with van der Waals surface area (Å²) in [4.78, 5) is 11.0. The summed E-state index contributed by atoms with van der Waals surface area (Å²) < 4.78 is 35.0. The Labute approximate surface area is 93.3 Å². The van der Waals surface area contributed by atoms with Gasteiger partial charge < -0.3 is 20.5 Å². The zero-order valence-corrected chi connectivity index (χ0v) is 9.30. The highest BCUT2D eigenvalue weighted by molar-refractivity contribution is 5.76. The number of amides is 1. The van der Waals surface area contributed by atoms with E-state index in [4.69, 9.17) is 15.2 Å². The first kappa shape index (κ1) is 15.2. The summed E-state index contributed by atoms with van der Waals surface area (Å²) in [5.41, 5.74) is 4.81. The smallest absolute Gasteiger partial charge is 0.277 e. The van der Waals surface area contributed by atoms with Crippen LogP contribution in [-0.2, 0) is 14.3 Å². The van der Waals surface area contributed by atoms with Crippen LogP contribution in [0.3, 0.4) is 0 Å². The molecule has 0 radical (unpaired) electrons. The van der Waals surface area contributed by atoms with Crippen LogP contribution in [0, 0.1) is 0 Å². The number of carbonyl (C=O) groups excluding carboxylic acids is 1. The topological polar surface area (TPSA) is 73.6 Å². The lowest BCUT2D eigenvalue weighted by Gasteiger charge is -2.14. The van der Waals surface area contributed by atoms with Crippen molar-refractivity contribution in [1.29, 1.82) is 0 Å². The molecule has 0 aromatic rings. The van der Waals surface area contributed by atoms with Gasteiger partial charge in [-0.1, -0.05) is 0 Å². The van der Waals surface area contributed by atoms with E-state index < -0.39 is 24.9 Å². The summed E-state index contributed by atoms with van der Waals surface area (Å²) >= 11 is 0. The fraction of sp³-hybridized carbons (Fsp3) is 0.889. The molecule has 7 heteroatoms. The predicted molar refractivity (Wildman–Crippen MR) is 54.3 cm³/mol. The van der Waals surface area contributed by atoms with Crippen LogP contribution in [0.15, 0.2) is 0 Å². The third-order valence-electron chi connectivity index (χ3n) is 1.75. The van der Waals surface area contributed by atoms with Gasteiger partial charge in [0.1, 0.15) is 0 Å². The van der Waals surface area contributed by atoms with Crippen molar-refractivity contribution in [3.05, 3.63) is 0 Å². The van der Waals surface area contributed by atoms with Crippen LogP contribution in [0.5, 0.6) is 0 Å². The first-order valence-electron chi connectivity index (χ1n) is 4.93. The van der Waals surface area contributed by atoms with Crippen molar-refractivity contribution in [2.45, 2.75) is 12.3 Å². The van der Waals surface area contributed by atoms with Gasteiger partial charge in [-0.2, -0.15) is 0 Å². The second-order valence-corrected chi connectivity index (χ2v) is 3.19. The van der Waals surface area contributed by atoms with E-state index in [1.54, 1.807) is 0 Å². The molecule has 3 N–H and O–H groups in total. The van der Waals surface area contributed by atoms with Crippen LogP contribution >= 0.6 is 0 Å². The number of nitrogens with one attached hydrogen (secondary N) is 1. The SMILES string of the molecule is COCCOCCC(=O)NCC(F)(F)CN. The number of halogens is 2. The molecular formula is C9H18F2N2O3. The van der Waals surface area contributed by atoms with Gasteiger partial charge in [0, 0.05) is 13.5 Å². The number of hydrogen-bond acceptors (Lipinski definition) is 4. The Bertz CT molecular complexity index is 203. The molecule has 0 aromatic heterocycles. The number of nitrogens with two attached hydrogens (primary N) is 1. The van der Waals surface area contributed by atoms with E-state index in [0.717, 1.165) is 0 Å². The molecule has 16 heavy (non-hydrogen) atoms. The van der Waals surface area contributed by atoms with Gasteiger partial charge in [-0.3, -0.25) is 4.79 Å². The number of carbonyl (C=O) groups is 1. The number of hydrogen-bond donors (Lipinski definition) is 2. The maximum absolute atomic E-state index is 12.6. The van der Waals surface area contributed by atoms with Crippen molar-refractivity contribution >= 4 is 5.91 Å². The molecule has 1 amide bonds. The highest BCUT2D eigenvalue weighted by atomic mass is 19.3. The Morgan fingerprint density at radius 1 is 1.38 bits per heavy atom. The first-order valence-corrected chi connectivity index (χ1v) is 4.93. The number of rotatable bonds is 9. The van der Waals surface area contributed by atoms with E-state index in [2.05, 4.69) is 5.32 Å². The number of ether oxygens (including phenoxy) is 2. The van der Waals surface area contributed by atoms with Crippen LogP contribution in [0.1, 0.15) is 6.42 Å². The van der Waals surface area contributed by atoms with Crippen LogP contribution in [0.25, 0.3) is 0 Å². The zero-order chi connectivity index (χ0) is 12.4. The fourth-order valence-electron chi connectivity index (χ4n) is 0.798.